The minimum absolute atomic E-state index is 0.0953. The summed E-state index contributed by atoms with van der Waals surface area (Å²) in [5.41, 5.74) is 2.31. The number of hydrogen-bond acceptors (Lipinski definition) is 5. The molecule has 0 radical (unpaired) electrons. The molecule has 2 aromatic carbocycles. The molecule has 6 heteroatoms. The molecule has 0 aliphatic carbocycles. The number of carbonyl (C=O) groups excluding carboxylic acids is 1. The zero-order valence-electron chi connectivity index (χ0n) is 13.6. The molecule has 1 N–H and O–H groups in total. The van der Waals surface area contributed by atoms with Crippen LogP contribution in [0.2, 0.25) is 0 Å². The number of pyridine rings is 1. The topological polar surface area (TPSA) is 69.7 Å². The number of nitrogens with one attached hydrogen (secondary N) is 1. The number of ether oxygens (including phenoxy) is 3. The van der Waals surface area contributed by atoms with Crippen molar-refractivity contribution in [2.45, 2.75) is 6.92 Å². The van der Waals surface area contributed by atoms with Crippen LogP contribution in [0.1, 0.15) is 5.69 Å². The fourth-order valence-electron chi connectivity index (χ4n) is 2.70. The van der Waals surface area contributed by atoms with Crippen molar-refractivity contribution in [1.82, 2.24) is 4.98 Å². The summed E-state index contributed by atoms with van der Waals surface area (Å²) in [6.07, 6.45) is 0. The maximum absolute atomic E-state index is 12.2. The molecule has 0 saturated carbocycles. The average Bonchev–Trinajstić information content (AvgIpc) is 3.07. The number of fused-ring (bicyclic) bond motifs is 2. The average molecular weight is 336 g/mol. The Morgan fingerprint density at radius 3 is 2.92 bits per heavy atom. The second-order valence-electron chi connectivity index (χ2n) is 5.68. The molecule has 0 saturated heterocycles. The first-order valence-corrected chi connectivity index (χ1v) is 7.88. The number of aromatic nitrogens is 1. The highest BCUT2D eigenvalue weighted by molar-refractivity contribution is 5.93. The summed E-state index contributed by atoms with van der Waals surface area (Å²) in [4.78, 5) is 16.6. The van der Waals surface area contributed by atoms with Crippen molar-refractivity contribution in [1.29, 1.82) is 0 Å². The van der Waals surface area contributed by atoms with Crippen molar-refractivity contribution < 1.29 is 19.0 Å². The van der Waals surface area contributed by atoms with E-state index in [1.165, 1.54) is 0 Å². The lowest BCUT2D eigenvalue weighted by molar-refractivity contribution is -0.118. The Kier molecular flexibility index (Phi) is 3.85. The highest BCUT2D eigenvalue weighted by atomic mass is 16.7. The van der Waals surface area contributed by atoms with Gasteiger partial charge in [0.05, 0.1) is 5.52 Å². The highest BCUT2D eigenvalue weighted by Gasteiger charge is 2.14. The summed E-state index contributed by atoms with van der Waals surface area (Å²) in [5.74, 6) is 1.68. The van der Waals surface area contributed by atoms with Crippen LogP contribution in [0.15, 0.2) is 48.5 Å². The zero-order chi connectivity index (χ0) is 17.2. The van der Waals surface area contributed by atoms with Crippen molar-refractivity contribution in [2.75, 3.05) is 18.7 Å². The summed E-state index contributed by atoms with van der Waals surface area (Å²) in [7, 11) is 0. The Labute approximate surface area is 144 Å². The lowest BCUT2D eigenvalue weighted by Gasteiger charge is -2.11. The minimum Gasteiger partial charge on any atom is -0.483 e. The molecule has 1 aromatic heterocycles. The second-order valence-corrected chi connectivity index (χ2v) is 5.68. The summed E-state index contributed by atoms with van der Waals surface area (Å²) in [5, 5.41) is 3.67. The maximum atomic E-state index is 12.2. The molecule has 0 bridgehead atoms. The van der Waals surface area contributed by atoms with Crippen molar-refractivity contribution in [2.24, 2.45) is 0 Å². The van der Waals surface area contributed by atoms with E-state index in [-0.39, 0.29) is 19.3 Å². The number of hydrogen-bond donors (Lipinski definition) is 1. The van der Waals surface area contributed by atoms with Gasteiger partial charge in [0.15, 0.2) is 18.1 Å². The Morgan fingerprint density at radius 2 is 2.00 bits per heavy atom. The molecule has 126 valence electrons. The van der Waals surface area contributed by atoms with Gasteiger partial charge in [0, 0.05) is 28.9 Å². The van der Waals surface area contributed by atoms with Gasteiger partial charge in [0.25, 0.3) is 5.91 Å². The van der Waals surface area contributed by atoms with E-state index in [1.807, 2.05) is 37.3 Å². The van der Waals surface area contributed by atoms with E-state index >= 15 is 0 Å². The van der Waals surface area contributed by atoms with Crippen molar-refractivity contribution >= 4 is 22.5 Å². The maximum Gasteiger partial charge on any atom is 0.262 e. The molecule has 3 aromatic rings. The minimum atomic E-state index is -0.252. The standard InChI is InChI=1S/C19H16N2O4/c1-12-8-17(14-4-2-3-5-15(14)20-12)23-10-19(22)21-13-6-7-16-18(9-13)25-11-24-16/h2-9H,10-11H2,1H3,(H,21,22). The van der Waals surface area contributed by atoms with Crippen LogP contribution in [0.3, 0.4) is 0 Å². The number of rotatable bonds is 4. The third kappa shape index (κ3) is 3.19. The van der Waals surface area contributed by atoms with E-state index in [0.717, 1.165) is 16.6 Å². The van der Waals surface area contributed by atoms with E-state index in [1.54, 1.807) is 18.2 Å². The van der Waals surface area contributed by atoms with Crippen LogP contribution < -0.4 is 19.5 Å². The van der Waals surface area contributed by atoms with Crippen LogP contribution in [0.5, 0.6) is 17.2 Å². The number of aryl methyl sites for hydroxylation is 1. The van der Waals surface area contributed by atoms with E-state index in [2.05, 4.69) is 10.3 Å². The molecule has 0 spiro atoms. The number of anilines is 1. The van der Waals surface area contributed by atoms with Crippen LogP contribution in [-0.4, -0.2) is 24.3 Å². The van der Waals surface area contributed by atoms with Gasteiger partial charge in [-0.25, -0.2) is 0 Å². The van der Waals surface area contributed by atoms with Crippen LogP contribution >= 0.6 is 0 Å². The molecule has 0 unspecified atom stereocenters. The Hall–Kier alpha value is -3.28. The largest absolute Gasteiger partial charge is 0.483 e. The van der Waals surface area contributed by atoms with Gasteiger partial charge in [0.1, 0.15) is 5.75 Å². The molecule has 1 aliphatic heterocycles. The van der Waals surface area contributed by atoms with E-state index in [0.29, 0.717) is 22.9 Å². The molecular formula is C19H16N2O4. The predicted molar refractivity (Wildman–Crippen MR) is 93.2 cm³/mol. The Bertz CT molecular complexity index is 955. The predicted octanol–water partition coefficient (Wildman–Crippen LogP) is 3.29. The summed E-state index contributed by atoms with van der Waals surface area (Å²) >= 11 is 0. The van der Waals surface area contributed by atoms with Gasteiger partial charge in [0.2, 0.25) is 6.79 Å². The van der Waals surface area contributed by atoms with Gasteiger partial charge in [-0.15, -0.1) is 0 Å². The van der Waals surface area contributed by atoms with Crippen molar-refractivity contribution in [3.05, 3.63) is 54.2 Å². The van der Waals surface area contributed by atoms with E-state index in [4.69, 9.17) is 14.2 Å². The number of carbonyl (C=O) groups is 1. The zero-order valence-corrected chi connectivity index (χ0v) is 13.6. The van der Waals surface area contributed by atoms with Gasteiger partial charge in [-0.2, -0.15) is 0 Å². The van der Waals surface area contributed by atoms with Crippen LogP contribution in [-0.2, 0) is 4.79 Å². The van der Waals surface area contributed by atoms with Crippen molar-refractivity contribution in [3.8, 4) is 17.2 Å². The van der Waals surface area contributed by atoms with Gasteiger partial charge < -0.3 is 19.5 Å². The summed E-state index contributed by atoms with van der Waals surface area (Å²) in [6, 6.07) is 14.8. The van der Waals surface area contributed by atoms with Gasteiger partial charge in [-0.1, -0.05) is 12.1 Å². The Balaban J connectivity index is 1.45. The first-order chi connectivity index (χ1) is 12.2. The molecule has 0 fully saturated rings. The SMILES string of the molecule is Cc1cc(OCC(=O)Nc2ccc3c(c2)OCO3)c2ccccc2n1. The summed E-state index contributed by atoms with van der Waals surface area (Å²) in [6.45, 7) is 2.00. The van der Waals surface area contributed by atoms with Crippen LogP contribution in [0, 0.1) is 6.92 Å². The number of amides is 1. The molecule has 1 aliphatic rings. The van der Waals surface area contributed by atoms with Gasteiger partial charge in [-0.05, 0) is 31.2 Å². The molecule has 25 heavy (non-hydrogen) atoms. The molecule has 6 nitrogen and oxygen atoms in total. The van der Waals surface area contributed by atoms with Crippen LogP contribution in [0.4, 0.5) is 5.69 Å². The highest BCUT2D eigenvalue weighted by Crippen LogP contribution is 2.34. The smallest absolute Gasteiger partial charge is 0.262 e. The second kappa shape index (κ2) is 6.32. The first-order valence-electron chi connectivity index (χ1n) is 7.88. The molecule has 0 atom stereocenters. The Morgan fingerprint density at radius 1 is 1.16 bits per heavy atom. The lowest BCUT2D eigenvalue weighted by Crippen LogP contribution is -2.20. The fraction of sp³-hybridized carbons (Fsp3) is 0.158. The number of benzene rings is 2. The molecule has 1 amide bonds. The first kappa shape index (κ1) is 15.3. The number of nitrogens with zero attached hydrogens (tertiary/aromatic N) is 1. The number of para-hydroxylation sites is 1. The quantitative estimate of drug-likeness (QED) is 0.792. The van der Waals surface area contributed by atoms with Crippen LogP contribution in [0.25, 0.3) is 10.9 Å². The third-order valence-electron chi connectivity index (χ3n) is 3.82. The molecule has 4 rings (SSSR count). The van der Waals surface area contributed by atoms with Gasteiger partial charge in [-0.3, -0.25) is 9.78 Å². The monoisotopic (exact) mass is 336 g/mol. The van der Waals surface area contributed by atoms with Crippen molar-refractivity contribution in [3.63, 3.8) is 0 Å². The van der Waals surface area contributed by atoms with E-state index in [9.17, 15) is 4.79 Å². The lowest BCUT2D eigenvalue weighted by atomic mass is 10.2. The third-order valence-corrected chi connectivity index (χ3v) is 3.82. The molecular weight excluding hydrogens is 320 g/mol. The van der Waals surface area contributed by atoms with E-state index < -0.39 is 0 Å². The fourth-order valence-corrected chi connectivity index (χ4v) is 2.70. The van der Waals surface area contributed by atoms with Gasteiger partial charge >= 0.3 is 0 Å². The molecule has 2 heterocycles. The normalized spacial score (nSPS) is 12.2. The summed E-state index contributed by atoms with van der Waals surface area (Å²) < 4.78 is 16.3.